The van der Waals surface area contributed by atoms with E-state index in [1.54, 1.807) is 0 Å². The van der Waals surface area contributed by atoms with E-state index in [1.807, 2.05) is 25.1 Å². The fourth-order valence-corrected chi connectivity index (χ4v) is 5.56. The molecule has 0 aromatic heterocycles. The van der Waals surface area contributed by atoms with Gasteiger partial charge in [0.15, 0.2) is 0 Å². The van der Waals surface area contributed by atoms with Crippen molar-refractivity contribution in [1.29, 1.82) is 0 Å². The minimum atomic E-state index is -0.0766. The molecule has 0 spiro atoms. The van der Waals surface area contributed by atoms with Gasteiger partial charge in [-0.05, 0) is 80.9 Å². The summed E-state index contributed by atoms with van der Waals surface area (Å²) in [5.41, 5.74) is 1.88. The number of urea groups is 1. The number of amides is 2. The first kappa shape index (κ1) is 14.4. The smallest absolute Gasteiger partial charge is 0.319 e. The molecule has 5 rings (SSSR count). The minimum Gasteiger partial charge on any atom is -0.332 e. The summed E-state index contributed by atoms with van der Waals surface area (Å²) >= 11 is 6.03. The first-order valence-corrected chi connectivity index (χ1v) is 8.74. The maximum absolute atomic E-state index is 12.5. The van der Waals surface area contributed by atoms with Gasteiger partial charge < -0.3 is 10.6 Å². The molecule has 1 aromatic rings. The van der Waals surface area contributed by atoms with Crippen LogP contribution in [0.3, 0.4) is 0 Å². The molecule has 0 radical (unpaired) electrons. The van der Waals surface area contributed by atoms with Crippen molar-refractivity contribution in [2.75, 3.05) is 5.32 Å². The second kappa shape index (κ2) is 5.16. The van der Waals surface area contributed by atoms with Gasteiger partial charge >= 0.3 is 6.03 Å². The lowest BCUT2D eigenvalue weighted by Gasteiger charge is -2.56. The van der Waals surface area contributed by atoms with Crippen molar-refractivity contribution in [3.8, 4) is 0 Å². The molecule has 0 atom stereocenters. The number of carbonyl (C=O) groups is 1. The topological polar surface area (TPSA) is 41.1 Å². The Hall–Kier alpha value is -1.22. The number of anilines is 1. The van der Waals surface area contributed by atoms with Gasteiger partial charge in [-0.15, -0.1) is 0 Å². The van der Waals surface area contributed by atoms with Gasteiger partial charge in [0.1, 0.15) is 0 Å². The highest BCUT2D eigenvalue weighted by atomic mass is 35.5. The molecule has 3 nitrogen and oxygen atoms in total. The molecule has 4 aliphatic rings. The lowest BCUT2D eigenvalue weighted by atomic mass is 9.53. The molecule has 0 heterocycles. The molecule has 0 saturated heterocycles. The predicted molar refractivity (Wildman–Crippen MR) is 89.2 cm³/mol. The molecule has 2 N–H and O–H groups in total. The molecule has 1 aromatic carbocycles. The molecule has 4 aliphatic carbocycles. The molecule has 0 unspecified atom stereocenters. The van der Waals surface area contributed by atoms with Crippen LogP contribution in [0.15, 0.2) is 18.2 Å². The van der Waals surface area contributed by atoms with Crippen LogP contribution in [0, 0.1) is 24.7 Å². The molecule has 4 bridgehead atoms. The van der Waals surface area contributed by atoms with Gasteiger partial charge in [-0.25, -0.2) is 4.79 Å². The fraction of sp³-hybridized carbons (Fsp3) is 0.611. The zero-order valence-electron chi connectivity index (χ0n) is 13.0. The standard InChI is InChI=1S/C18H23ClN2O/c1-11-2-3-15(19)7-16(11)20-17(22)21-18-8-12-4-13(9-18)6-14(5-12)10-18/h2-3,7,12-14H,4-6,8-10H2,1H3,(H2,20,21,22). The molecule has 0 aliphatic heterocycles. The Morgan fingerprint density at radius 1 is 1.14 bits per heavy atom. The first-order valence-electron chi connectivity index (χ1n) is 8.37. The van der Waals surface area contributed by atoms with Crippen molar-refractivity contribution in [3.05, 3.63) is 28.8 Å². The van der Waals surface area contributed by atoms with Crippen molar-refractivity contribution < 1.29 is 4.79 Å². The lowest BCUT2D eigenvalue weighted by Crippen LogP contribution is -2.60. The number of halogens is 1. The van der Waals surface area contributed by atoms with E-state index < -0.39 is 0 Å². The molecule has 22 heavy (non-hydrogen) atoms. The number of hydrogen-bond acceptors (Lipinski definition) is 1. The molecule has 4 fully saturated rings. The van der Waals surface area contributed by atoms with Crippen LogP contribution < -0.4 is 10.6 Å². The molecule has 2 amide bonds. The van der Waals surface area contributed by atoms with Crippen LogP contribution in [-0.2, 0) is 0 Å². The van der Waals surface area contributed by atoms with Crippen LogP contribution in [-0.4, -0.2) is 11.6 Å². The van der Waals surface area contributed by atoms with Gasteiger partial charge in [0.2, 0.25) is 0 Å². The quantitative estimate of drug-likeness (QED) is 0.812. The first-order chi connectivity index (χ1) is 10.5. The number of rotatable bonds is 2. The van der Waals surface area contributed by atoms with Gasteiger partial charge in [-0.1, -0.05) is 17.7 Å². The summed E-state index contributed by atoms with van der Waals surface area (Å²) in [6.45, 7) is 1.98. The van der Waals surface area contributed by atoms with E-state index in [4.69, 9.17) is 11.6 Å². The maximum atomic E-state index is 12.5. The van der Waals surface area contributed by atoms with Crippen LogP contribution in [0.2, 0.25) is 5.02 Å². The summed E-state index contributed by atoms with van der Waals surface area (Å²) < 4.78 is 0. The van der Waals surface area contributed by atoms with Gasteiger partial charge in [-0.2, -0.15) is 0 Å². The van der Waals surface area contributed by atoms with Crippen LogP contribution in [0.1, 0.15) is 44.1 Å². The normalized spacial score (nSPS) is 35.5. The Morgan fingerprint density at radius 2 is 1.73 bits per heavy atom. The van der Waals surface area contributed by atoms with Crippen molar-refractivity contribution in [3.63, 3.8) is 0 Å². The minimum absolute atomic E-state index is 0.0469. The van der Waals surface area contributed by atoms with Crippen LogP contribution in [0.25, 0.3) is 0 Å². The van der Waals surface area contributed by atoms with Crippen LogP contribution in [0.4, 0.5) is 10.5 Å². The Balaban J connectivity index is 1.47. The van der Waals surface area contributed by atoms with E-state index in [9.17, 15) is 4.79 Å². The third-order valence-corrected chi connectivity index (χ3v) is 6.10. The third-order valence-electron chi connectivity index (χ3n) is 5.86. The average Bonchev–Trinajstić information content (AvgIpc) is 2.40. The summed E-state index contributed by atoms with van der Waals surface area (Å²) in [4.78, 5) is 12.5. The molecule has 4 saturated carbocycles. The molecule has 118 valence electrons. The van der Waals surface area contributed by atoms with Crippen LogP contribution in [0.5, 0.6) is 0 Å². The van der Waals surface area contributed by atoms with Crippen molar-refractivity contribution >= 4 is 23.3 Å². The highest BCUT2D eigenvalue weighted by Crippen LogP contribution is 2.55. The predicted octanol–water partition coefficient (Wildman–Crippen LogP) is 4.74. The van der Waals surface area contributed by atoms with Gasteiger partial charge in [0.25, 0.3) is 0 Å². The van der Waals surface area contributed by atoms with E-state index in [0.29, 0.717) is 5.02 Å². The second-order valence-electron chi connectivity index (χ2n) is 7.74. The molecular weight excluding hydrogens is 296 g/mol. The summed E-state index contributed by atoms with van der Waals surface area (Å²) in [5.74, 6) is 2.50. The van der Waals surface area contributed by atoms with E-state index in [1.165, 1.54) is 38.5 Å². The zero-order chi connectivity index (χ0) is 15.3. The average molecular weight is 319 g/mol. The maximum Gasteiger partial charge on any atom is 0.319 e. The van der Waals surface area contributed by atoms with E-state index >= 15 is 0 Å². The highest BCUT2D eigenvalue weighted by molar-refractivity contribution is 6.31. The van der Waals surface area contributed by atoms with Gasteiger partial charge in [0, 0.05) is 16.2 Å². The van der Waals surface area contributed by atoms with Gasteiger partial charge in [-0.3, -0.25) is 0 Å². The van der Waals surface area contributed by atoms with Crippen molar-refractivity contribution in [2.45, 2.75) is 51.0 Å². The van der Waals surface area contributed by atoms with Crippen molar-refractivity contribution in [2.24, 2.45) is 17.8 Å². The summed E-state index contributed by atoms with van der Waals surface area (Å²) in [5, 5.41) is 6.97. The summed E-state index contributed by atoms with van der Waals surface area (Å²) in [7, 11) is 0. The largest absolute Gasteiger partial charge is 0.332 e. The molecular formula is C18H23ClN2O. The SMILES string of the molecule is Cc1ccc(Cl)cc1NC(=O)NC12CC3CC(CC(C3)C1)C2. The number of hydrogen-bond donors (Lipinski definition) is 2. The zero-order valence-corrected chi connectivity index (χ0v) is 13.7. The highest BCUT2D eigenvalue weighted by Gasteiger charge is 2.51. The Kier molecular flexibility index (Phi) is 3.37. The van der Waals surface area contributed by atoms with Crippen LogP contribution >= 0.6 is 11.6 Å². The second-order valence-corrected chi connectivity index (χ2v) is 8.17. The monoisotopic (exact) mass is 318 g/mol. The number of carbonyl (C=O) groups excluding carboxylic acids is 1. The number of nitrogens with one attached hydrogen (secondary N) is 2. The summed E-state index contributed by atoms with van der Waals surface area (Å²) in [6, 6.07) is 5.52. The van der Waals surface area contributed by atoms with E-state index in [-0.39, 0.29) is 11.6 Å². The Labute approximate surface area is 136 Å². The van der Waals surface area contributed by atoms with Gasteiger partial charge in [0.05, 0.1) is 0 Å². The Bertz CT molecular complexity index is 578. The number of aryl methyl sites for hydroxylation is 1. The summed E-state index contributed by atoms with van der Waals surface area (Å²) in [6.07, 6.45) is 7.66. The lowest BCUT2D eigenvalue weighted by molar-refractivity contribution is -0.0127. The van der Waals surface area contributed by atoms with Crippen molar-refractivity contribution in [1.82, 2.24) is 5.32 Å². The van der Waals surface area contributed by atoms with E-state index in [0.717, 1.165) is 29.0 Å². The fourth-order valence-electron chi connectivity index (χ4n) is 5.39. The third kappa shape index (κ3) is 2.60. The van der Waals surface area contributed by atoms with E-state index in [2.05, 4.69) is 10.6 Å². The Morgan fingerprint density at radius 3 is 2.32 bits per heavy atom. The molecule has 4 heteroatoms. The number of benzene rings is 1.